The Kier molecular flexibility index (Phi) is 5.05. The first-order valence-electron chi connectivity index (χ1n) is 9.02. The summed E-state index contributed by atoms with van der Waals surface area (Å²) in [5, 5.41) is 0.276. The van der Waals surface area contributed by atoms with Crippen LogP contribution in [0.25, 0.3) is 5.57 Å². The third-order valence-electron chi connectivity index (χ3n) is 4.66. The van der Waals surface area contributed by atoms with Gasteiger partial charge < -0.3 is 4.74 Å². The van der Waals surface area contributed by atoms with Crippen molar-refractivity contribution in [3.63, 3.8) is 0 Å². The van der Waals surface area contributed by atoms with Crippen molar-refractivity contribution >= 4 is 23.3 Å². The van der Waals surface area contributed by atoms with Gasteiger partial charge in [0.15, 0.2) is 0 Å². The molecular formula is C19H26ClN3O2. The summed E-state index contributed by atoms with van der Waals surface area (Å²) in [6.07, 6.45) is 8.49. The topological polar surface area (TPSA) is 55.3 Å². The summed E-state index contributed by atoms with van der Waals surface area (Å²) < 4.78 is 5.59. The van der Waals surface area contributed by atoms with Crippen molar-refractivity contribution in [3.05, 3.63) is 28.8 Å². The van der Waals surface area contributed by atoms with Crippen molar-refractivity contribution in [1.29, 1.82) is 0 Å². The third kappa shape index (κ3) is 3.97. The molecule has 0 saturated carbocycles. The molecule has 1 aromatic rings. The zero-order valence-electron chi connectivity index (χ0n) is 15.4. The predicted octanol–water partition coefficient (Wildman–Crippen LogP) is 4.64. The number of nitrogens with zero attached hydrogens (tertiary/aromatic N) is 3. The molecule has 5 nitrogen and oxygen atoms in total. The number of halogens is 1. The molecule has 2 bridgehead atoms. The zero-order valence-corrected chi connectivity index (χ0v) is 16.1. The molecule has 3 heterocycles. The first-order chi connectivity index (χ1) is 11.8. The van der Waals surface area contributed by atoms with E-state index in [2.05, 4.69) is 23.0 Å². The average molecular weight is 364 g/mol. The number of hydrogen-bond acceptors (Lipinski definition) is 4. The van der Waals surface area contributed by atoms with Crippen molar-refractivity contribution in [2.75, 3.05) is 0 Å². The second kappa shape index (κ2) is 6.94. The van der Waals surface area contributed by atoms with Crippen molar-refractivity contribution in [3.8, 4) is 0 Å². The first kappa shape index (κ1) is 18.2. The summed E-state index contributed by atoms with van der Waals surface area (Å²) in [4.78, 5) is 23.1. The minimum atomic E-state index is -0.477. The number of hydrogen-bond donors (Lipinski definition) is 0. The van der Waals surface area contributed by atoms with Crippen LogP contribution < -0.4 is 0 Å². The molecule has 1 aromatic heterocycles. The minimum Gasteiger partial charge on any atom is -0.444 e. The maximum Gasteiger partial charge on any atom is 0.411 e. The molecule has 1 amide bonds. The highest BCUT2D eigenvalue weighted by molar-refractivity contribution is 6.28. The molecule has 0 N–H and O–H groups in total. The molecule has 2 atom stereocenters. The van der Waals surface area contributed by atoms with E-state index in [1.165, 1.54) is 5.57 Å². The van der Waals surface area contributed by atoms with Crippen LogP contribution in [-0.4, -0.2) is 38.6 Å². The summed E-state index contributed by atoms with van der Waals surface area (Å²) in [7, 11) is 0. The van der Waals surface area contributed by atoms with Gasteiger partial charge in [-0.15, -0.1) is 0 Å². The number of ether oxygens (including phenoxy) is 1. The molecule has 25 heavy (non-hydrogen) atoms. The van der Waals surface area contributed by atoms with E-state index in [1.54, 1.807) is 0 Å². The Morgan fingerprint density at radius 2 is 2.16 bits per heavy atom. The van der Waals surface area contributed by atoms with Gasteiger partial charge >= 0.3 is 6.09 Å². The van der Waals surface area contributed by atoms with Crippen LogP contribution in [0.15, 0.2) is 12.3 Å². The third-order valence-corrected chi connectivity index (χ3v) is 4.84. The molecule has 2 aliphatic rings. The summed E-state index contributed by atoms with van der Waals surface area (Å²) in [6.45, 7) is 7.84. The fraction of sp³-hybridized carbons (Fsp3) is 0.632. The van der Waals surface area contributed by atoms with Gasteiger partial charge in [-0.1, -0.05) is 19.4 Å². The van der Waals surface area contributed by atoms with Crippen LogP contribution in [0.1, 0.15) is 64.6 Å². The van der Waals surface area contributed by atoms with Crippen molar-refractivity contribution in [2.45, 2.75) is 77.5 Å². The fourth-order valence-corrected chi connectivity index (χ4v) is 3.85. The maximum atomic E-state index is 12.6. The van der Waals surface area contributed by atoms with Crippen LogP contribution in [0.2, 0.25) is 5.28 Å². The van der Waals surface area contributed by atoms with Crippen molar-refractivity contribution in [2.24, 2.45) is 0 Å². The second-order valence-electron chi connectivity index (χ2n) is 7.85. The van der Waals surface area contributed by atoms with E-state index in [9.17, 15) is 4.79 Å². The molecule has 6 heteroatoms. The molecule has 1 fully saturated rings. The Morgan fingerprint density at radius 3 is 2.80 bits per heavy atom. The van der Waals surface area contributed by atoms with Crippen molar-refractivity contribution in [1.82, 2.24) is 14.9 Å². The quantitative estimate of drug-likeness (QED) is 0.734. The van der Waals surface area contributed by atoms with Gasteiger partial charge in [-0.25, -0.2) is 14.8 Å². The number of fused-ring (bicyclic) bond motifs is 2. The first-order valence-corrected chi connectivity index (χ1v) is 9.40. The standard InChI is InChI=1S/C19H26ClN3O2/c1-5-6-12-11-21-17(20)22-16(12)13-9-14-7-8-15(10-13)23(14)18(24)25-19(2,3)4/h9,11,14-15H,5-8,10H2,1-4H3. The number of carbonyl (C=O) groups is 1. The number of rotatable bonds is 3. The lowest BCUT2D eigenvalue weighted by Gasteiger charge is -2.35. The lowest BCUT2D eigenvalue weighted by atomic mass is 9.95. The highest BCUT2D eigenvalue weighted by Crippen LogP contribution is 2.39. The van der Waals surface area contributed by atoms with Crippen LogP contribution in [0.3, 0.4) is 0 Å². The minimum absolute atomic E-state index is 0.0758. The molecule has 0 radical (unpaired) electrons. The van der Waals surface area contributed by atoms with E-state index in [0.717, 1.165) is 43.4 Å². The molecule has 1 saturated heterocycles. The highest BCUT2D eigenvalue weighted by atomic mass is 35.5. The zero-order chi connectivity index (χ0) is 18.2. The number of carbonyl (C=O) groups excluding carboxylic acids is 1. The number of aryl methyl sites for hydroxylation is 1. The average Bonchev–Trinajstić information content (AvgIpc) is 2.78. The van der Waals surface area contributed by atoms with Gasteiger partial charge in [0, 0.05) is 12.2 Å². The maximum absolute atomic E-state index is 12.6. The summed E-state index contributed by atoms with van der Waals surface area (Å²) in [5.74, 6) is 0. The molecule has 2 aliphatic heterocycles. The Morgan fingerprint density at radius 1 is 1.40 bits per heavy atom. The van der Waals surface area contributed by atoms with Crippen LogP contribution in [-0.2, 0) is 11.2 Å². The highest BCUT2D eigenvalue weighted by Gasteiger charge is 2.42. The number of amides is 1. The van der Waals surface area contributed by atoms with Crippen LogP contribution in [0.4, 0.5) is 4.79 Å². The SMILES string of the molecule is CCCc1cnc(Cl)nc1C1=CC2CCC(C1)N2C(=O)OC(C)(C)C. The van der Waals surface area contributed by atoms with E-state index in [-0.39, 0.29) is 23.5 Å². The van der Waals surface area contributed by atoms with Gasteiger partial charge in [0.25, 0.3) is 0 Å². The predicted molar refractivity (Wildman–Crippen MR) is 98.5 cm³/mol. The smallest absolute Gasteiger partial charge is 0.411 e. The van der Waals surface area contributed by atoms with Gasteiger partial charge in [-0.05, 0) is 69.2 Å². The fourth-order valence-electron chi connectivity index (χ4n) is 3.72. The lowest BCUT2D eigenvalue weighted by molar-refractivity contribution is 0.0175. The van der Waals surface area contributed by atoms with E-state index in [0.29, 0.717) is 0 Å². The second-order valence-corrected chi connectivity index (χ2v) is 8.18. The molecule has 2 unspecified atom stereocenters. The molecule has 0 aromatic carbocycles. The van der Waals surface area contributed by atoms with Gasteiger partial charge in [-0.3, -0.25) is 4.90 Å². The van der Waals surface area contributed by atoms with E-state index in [1.807, 2.05) is 31.9 Å². The molecular weight excluding hydrogens is 338 g/mol. The van der Waals surface area contributed by atoms with Gasteiger partial charge in [0.2, 0.25) is 5.28 Å². The number of aromatic nitrogens is 2. The lowest BCUT2D eigenvalue weighted by Crippen LogP contribution is -2.45. The monoisotopic (exact) mass is 363 g/mol. The molecule has 0 aliphatic carbocycles. The largest absolute Gasteiger partial charge is 0.444 e. The Bertz CT molecular complexity index is 696. The normalized spacial score (nSPS) is 22.8. The van der Waals surface area contributed by atoms with Crippen LogP contribution in [0.5, 0.6) is 0 Å². The van der Waals surface area contributed by atoms with Gasteiger partial charge in [0.05, 0.1) is 11.7 Å². The van der Waals surface area contributed by atoms with Crippen LogP contribution in [0, 0.1) is 0 Å². The van der Waals surface area contributed by atoms with E-state index in [4.69, 9.17) is 16.3 Å². The Labute approximate surface area is 154 Å². The Hall–Kier alpha value is -1.62. The van der Waals surface area contributed by atoms with Crippen molar-refractivity contribution < 1.29 is 9.53 Å². The van der Waals surface area contributed by atoms with Gasteiger partial charge in [0.1, 0.15) is 5.60 Å². The molecule has 136 valence electrons. The molecule has 3 rings (SSSR count). The van der Waals surface area contributed by atoms with E-state index < -0.39 is 5.60 Å². The summed E-state index contributed by atoms with van der Waals surface area (Å²) in [5.41, 5.74) is 2.78. The Balaban J connectivity index is 1.87. The van der Waals surface area contributed by atoms with Gasteiger partial charge in [-0.2, -0.15) is 0 Å². The summed E-state index contributed by atoms with van der Waals surface area (Å²) in [6, 6.07) is 0.245. The molecule has 0 spiro atoms. The van der Waals surface area contributed by atoms with E-state index >= 15 is 0 Å². The summed E-state index contributed by atoms with van der Waals surface area (Å²) >= 11 is 6.04. The van der Waals surface area contributed by atoms with Crippen LogP contribution >= 0.6 is 11.6 Å².